The zero-order chi connectivity index (χ0) is 22.2. The minimum absolute atomic E-state index is 0.0766. The van der Waals surface area contributed by atoms with Gasteiger partial charge in [0.25, 0.3) is 0 Å². The summed E-state index contributed by atoms with van der Waals surface area (Å²) >= 11 is 0. The number of rotatable bonds is 8. The molecule has 0 saturated carbocycles. The maximum absolute atomic E-state index is 12.6. The van der Waals surface area contributed by atoms with Crippen LogP contribution >= 0.6 is 0 Å². The molecule has 2 N–H and O–H groups in total. The third kappa shape index (κ3) is 6.73. The van der Waals surface area contributed by atoms with Gasteiger partial charge in [0.05, 0.1) is 18.3 Å². The first-order chi connectivity index (χ1) is 14.9. The fourth-order valence-corrected chi connectivity index (χ4v) is 3.41. The second kappa shape index (κ2) is 10.8. The van der Waals surface area contributed by atoms with Gasteiger partial charge in [-0.15, -0.1) is 0 Å². The summed E-state index contributed by atoms with van der Waals surface area (Å²) in [5.41, 5.74) is 0.961. The zero-order valence-corrected chi connectivity index (χ0v) is 17.3. The largest absolute Gasteiger partial charge is 0.433 e. The molecule has 1 unspecified atom stereocenters. The number of carbonyl (C=O) groups is 2. The Bertz CT molecular complexity index is 874. The summed E-state index contributed by atoms with van der Waals surface area (Å²) in [5.74, 6) is -0.464. The summed E-state index contributed by atoms with van der Waals surface area (Å²) in [7, 11) is 0. The van der Waals surface area contributed by atoms with Crippen LogP contribution in [0.2, 0.25) is 0 Å². The van der Waals surface area contributed by atoms with Gasteiger partial charge in [0.1, 0.15) is 5.75 Å². The predicted molar refractivity (Wildman–Crippen MR) is 114 cm³/mol. The predicted octanol–water partition coefficient (Wildman–Crippen LogP) is 2.87. The average Bonchev–Trinajstić information content (AvgIpc) is 2.75. The van der Waals surface area contributed by atoms with Crippen LogP contribution in [0.3, 0.4) is 0 Å². The second-order valence-corrected chi connectivity index (χ2v) is 7.27. The molecular weight excluding hydrogens is 406 g/mol. The number of carbonyl (C=O) groups excluding carboxylic acids is 2. The lowest BCUT2D eigenvalue weighted by Crippen LogP contribution is -2.53. The highest BCUT2D eigenvalue weighted by molar-refractivity contribution is 5.96. The van der Waals surface area contributed by atoms with E-state index in [2.05, 4.69) is 15.4 Å². The molecule has 3 rings (SSSR count). The summed E-state index contributed by atoms with van der Waals surface area (Å²) in [6.07, 6.45) is 0. The van der Waals surface area contributed by atoms with Crippen molar-refractivity contribution in [1.29, 1.82) is 0 Å². The summed E-state index contributed by atoms with van der Waals surface area (Å²) < 4.78 is 29.6. The van der Waals surface area contributed by atoms with Crippen LogP contribution in [0.1, 0.15) is 6.92 Å². The molecule has 7 nitrogen and oxygen atoms in total. The molecule has 2 aromatic carbocycles. The number of nitrogens with zero attached hydrogens (tertiary/aromatic N) is 2. The second-order valence-electron chi connectivity index (χ2n) is 7.27. The molecule has 0 aromatic heterocycles. The van der Waals surface area contributed by atoms with Gasteiger partial charge in [0.15, 0.2) is 0 Å². The fraction of sp³-hybridized carbons (Fsp3) is 0.364. The number of nitrogens with one attached hydrogen (secondary N) is 2. The van der Waals surface area contributed by atoms with Crippen molar-refractivity contribution >= 4 is 23.2 Å². The van der Waals surface area contributed by atoms with E-state index < -0.39 is 12.7 Å². The molecule has 1 heterocycles. The van der Waals surface area contributed by atoms with E-state index in [0.29, 0.717) is 26.2 Å². The van der Waals surface area contributed by atoms with E-state index in [1.165, 1.54) is 12.1 Å². The minimum atomic E-state index is -2.97. The van der Waals surface area contributed by atoms with Crippen molar-refractivity contribution in [3.05, 3.63) is 54.6 Å². The molecule has 166 valence electrons. The number of hydrogen-bond donors (Lipinski definition) is 2. The van der Waals surface area contributed by atoms with Crippen LogP contribution in [0.4, 0.5) is 20.2 Å². The molecule has 1 aliphatic heterocycles. The van der Waals surface area contributed by atoms with Crippen molar-refractivity contribution in [3.63, 3.8) is 0 Å². The number of halogens is 2. The van der Waals surface area contributed by atoms with Crippen molar-refractivity contribution in [2.75, 3.05) is 43.4 Å². The third-order valence-electron chi connectivity index (χ3n) is 5.12. The molecule has 1 fully saturated rings. The standard InChI is InChI=1S/C22H26F2N4O3/c1-16(21(30)26-18-9-5-6-10-19(18)31-22(23)24)28-13-11-27(12-14-28)15-20(29)25-17-7-3-2-4-8-17/h2-10,16,22H,11-15H2,1H3,(H,25,29)(H,26,30). The van der Waals surface area contributed by atoms with Crippen molar-refractivity contribution in [3.8, 4) is 5.75 Å². The Morgan fingerprint density at radius 2 is 1.61 bits per heavy atom. The lowest BCUT2D eigenvalue weighted by molar-refractivity contribution is -0.122. The molecule has 1 aliphatic rings. The fourth-order valence-electron chi connectivity index (χ4n) is 3.41. The summed E-state index contributed by atoms with van der Waals surface area (Å²) in [5, 5.41) is 5.53. The zero-order valence-electron chi connectivity index (χ0n) is 17.3. The topological polar surface area (TPSA) is 73.9 Å². The number of piperazine rings is 1. The quantitative estimate of drug-likeness (QED) is 0.671. The lowest BCUT2D eigenvalue weighted by atomic mass is 10.2. The maximum atomic E-state index is 12.6. The van der Waals surface area contributed by atoms with Gasteiger partial charge in [-0.3, -0.25) is 19.4 Å². The molecule has 2 aromatic rings. The van der Waals surface area contributed by atoms with E-state index in [4.69, 9.17) is 0 Å². The molecule has 1 atom stereocenters. The number of alkyl halides is 2. The van der Waals surface area contributed by atoms with Crippen LogP contribution in [0, 0.1) is 0 Å². The van der Waals surface area contributed by atoms with Gasteiger partial charge in [-0.25, -0.2) is 0 Å². The summed E-state index contributed by atoms with van der Waals surface area (Å²) in [4.78, 5) is 28.9. The molecule has 31 heavy (non-hydrogen) atoms. The number of hydrogen-bond acceptors (Lipinski definition) is 5. The number of anilines is 2. The van der Waals surface area contributed by atoms with Gasteiger partial charge >= 0.3 is 6.61 Å². The molecule has 1 saturated heterocycles. The normalized spacial score (nSPS) is 16.0. The number of ether oxygens (including phenoxy) is 1. The van der Waals surface area contributed by atoms with Crippen LogP contribution in [0.5, 0.6) is 5.75 Å². The highest BCUT2D eigenvalue weighted by atomic mass is 19.3. The Morgan fingerprint density at radius 1 is 0.968 bits per heavy atom. The van der Waals surface area contributed by atoms with E-state index in [0.717, 1.165) is 5.69 Å². The van der Waals surface area contributed by atoms with Gasteiger partial charge in [-0.2, -0.15) is 8.78 Å². The van der Waals surface area contributed by atoms with Gasteiger partial charge < -0.3 is 15.4 Å². The Hall–Kier alpha value is -3.04. The lowest BCUT2D eigenvalue weighted by Gasteiger charge is -2.37. The van der Waals surface area contributed by atoms with Crippen LogP contribution in [0.25, 0.3) is 0 Å². The minimum Gasteiger partial charge on any atom is -0.433 e. The molecule has 9 heteroatoms. The van der Waals surface area contributed by atoms with Crippen molar-refractivity contribution < 1.29 is 23.1 Å². The average molecular weight is 432 g/mol. The van der Waals surface area contributed by atoms with Gasteiger partial charge in [-0.1, -0.05) is 30.3 Å². The highest BCUT2D eigenvalue weighted by Gasteiger charge is 2.27. The summed E-state index contributed by atoms with van der Waals surface area (Å²) in [6, 6.07) is 14.9. The number of benzene rings is 2. The van der Waals surface area contributed by atoms with Crippen LogP contribution in [-0.2, 0) is 9.59 Å². The monoisotopic (exact) mass is 432 g/mol. The Kier molecular flexibility index (Phi) is 7.91. The van der Waals surface area contributed by atoms with Gasteiger partial charge in [0.2, 0.25) is 11.8 Å². The van der Waals surface area contributed by atoms with Crippen LogP contribution in [0.15, 0.2) is 54.6 Å². The molecule has 0 bridgehead atoms. The third-order valence-corrected chi connectivity index (χ3v) is 5.12. The van der Waals surface area contributed by atoms with Gasteiger partial charge in [0, 0.05) is 31.9 Å². The van der Waals surface area contributed by atoms with E-state index in [9.17, 15) is 18.4 Å². The SMILES string of the molecule is CC(C(=O)Nc1ccccc1OC(F)F)N1CCN(CC(=O)Nc2ccccc2)CC1. The first-order valence-electron chi connectivity index (χ1n) is 10.1. The molecule has 2 amide bonds. The first-order valence-corrected chi connectivity index (χ1v) is 10.1. The Balaban J connectivity index is 1.47. The van der Waals surface area contributed by atoms with Crippen molar-refractivity contribution in [2.45, 2.75) is 19.6 Å². The van der Waals surface area contributed by atoms with E-state index in [1.807, 2.05) is 40.1 Å². The summed E-state index contributed by atoms with van der Waals surface area (Å²) in [6.45, 7) is 1.59. The highest BCUT2D eigenvalue weighted by Crippen LogP contribution is 2.26. The number of amides is 2. The van der Waals surface area contributed by atoms with E-state index >= 15 is 0 Å². The molecular formula is C22H26F2N4O3. The molecule has 0 spiro atoms. The van der Waals surface area contributed by atoms with Crippen molar-refractivity contribution in [1.82, 2.24) is 9.80 Å². The number of para-hydroxylation sites is 3. The Morgan fingerprint density at radius 3 is 2.29 bits per heavy atom. The smallest absolute Gasteiger partial charge is 0.387 e. The molecule has 0 radical (unpaired) electrons. The van der Waals surface area contributed by atoms with E-state index in [1.54, 1.807) is 19.1 Å². The van der Waals surface area contributed by atoms with E-state index in [-0.39, 0.29) is 29.8 Å². The van der Waals surface area contributed by atoms with Crippen LogP contribution < -0.4 is 15.4 Å². The first kappa shape index (κ1) is 22.6. The maximum Gasteiger partial charge on any atom is 0.387 e. The van der Waals surface area contributed by atoms with Crippen LogP contribution in [-0.4, -0.2) is 67.0 Å². The Labute approximate surface area is 180 Å². The molecule has 0 aliphatic carbocycles. The van der Waals surface area contributed by atoms with Gasteiger partial charge in [-0.05, 0) is 31.2 Å². The van der Waals surface area contributed by atoms with Crippen molar-refractivity contribution in [2.24, 2.45) is 0 Å².